The van der Waals surface area contributed by atoms with Crippen LogP contribution in [-0.2, 0) is 0 Å². The molecule has 0 atom stereocenters. The fourth-order valence-electron chi connectivity index (χ4n) is 0.522. The minimum absolute atomic E-state index is 0.187. The Morgan fingerprint density at radius 3 is 2.80 bits per heavy atom. The van der Waals surface area contributed by atoms with Gasteiger partial charge in [0.25, 0.3) is 5.69 Å². The second kappa shape index (κ2) is 2.34. The number of nitrogens with zero attached hydrogens (tertiary/aromatic N) is 1. The molecule has 0 saturated heterocycles. The third kappa shape index (κ3) is 1.22. The molecule has 1 aromatic rings. The van der Waals surface area contributed by atoms with Crippen molar-refractivity contribution in [3.63, 3.8) is 0 Å². The van der Waals surface area contributed by atoms with Crippen LogP contribution < -0.4 is 0 Å². The maximum atomic E-state index is 10.1. The first-order valence-electron chi connectivity index (χ1n) is 3.05. The molecule has 0 amide bonds. The van der Waals surface area contributed by atoms with E-state index in [1.54, 1.807) is 0 Å². The van der Waals surface area contributed by atoms with Crippen LogP contribution in [0.2, 0.25) is 0 Å². The van der Waals surface area contributed by atoms with Crippen molar-refractivity contribution in [3.8, 4) is 5.75 Å². The summed E-state index contributed by atoms with van der Waals surface area (Å²) in [4.78, 5) is 9.49. The lowest BCUT2D eigenvalue weighted by Gasteiger charge is -1.89. The average molecular weight is 140 g/mol. The van der Waals surface area contributed by atoms with Crippen molar-refractivity contribution in [3.05, 3.63) is 34.4 Å². The maximum absolute atomic E-state index is 10.1. The molecule has 0 saturated carbocycles. The van der Waals surface area contributed by atoms with Crippen LogP contribution in [0.25, 0.3) is 0 Å². The van der Waals surface area contributed by atoms with E-state index in [4.69, 9.17) is 6.48 Å². The van der Waals surface area contributed by atoms with Gasteiger partial charge in [-0.1, -0.05) is 0 Å². The molecule has 4 nitrogen and oxygen atoms in total. The van der Waals surface area contributed by atoms with Gasteiger partial charge in [0.05, 0.1) is 6.29 Å². The molecule has 4 heteroatoms. The number of hydrogen-bond donors (Lipinski definition) is 1. The van der Waals surface area contributed by atoms with Gasteiger partial charge in [0.2, 0.25) is 0 Å². The fraction of sp³-hybridized carbons (Fsp3) is 0. The van der Waals surface area contributed by atoms with Crippen molar-refractivity contribution in [1.82, 2.24) is 0 Å². The molecule has 0 unspecified atom stereocenters. The number of nitro benzene ring substituents is 1. The molecule has 0 aliphatic carbocycles. The van der Waals surface area contributed by atoms with E-state index in [0.717, 1.165) is 18.2 Å². The van der Waals surface area contributed by atoms with Gasteiger partial charge in [0, 0.05) is 12.1 Å². The summed E-state index contributed by atoms with van der Waals surface area (Å²) < 4.78 is 7.00. The summed E-state index contributed by atoms with van der Waals surface area (Å²) in [6.45, 7) is 0. The smallest absolute Gasteiger partial charge is 0.269 e. The molecule has 1 N–H and O–H groups in total. The number of hydrogen-bond acceptors (Lipinski definition) is 3. The Labute approximate surface area is 58.3 Å². The maximum Gasteiger partial charge on any atom is 0.269 e. The fourth-order valence-corrected chi connectivity index (χ4v) is 0.522. The lowest BCUT2D eigenvalue weighted by Crippen LogP contribution is -1.85. The SMILES string of the molecule is [2H]c1cc([N+](=O)[O-])ccc1O. The summed E-state index contributed by atoms with van der Waals surface area (Å²) in [6, 6.07) is 3.03. The van der Waals surface area contributed by atoms with E-state index in [0.29, 0.717) is 0 Å². The van der Waals surface area contributed by atoms with Crippen LogP contribution in [0, 0.1) is 10.1 Å². The lowest BCUT2D eigenvalue weighted by atomic mass is 10.3. The van der Waals surface area contributed by atoms with E-state index in [1.807, 2.05) is 0 Å². The van der Waals surface area contributed by atoms with Crippen LogP contribution in [0.3, 0.4) is 0 Å². The van der Waals surface area contributed by atoms with Crippen LogP contribution in [-0.4, -0.2) is 10.0 Å². The van der Waals surface area contributed by atoms with Crippen molar-refractivity contribution >= 4 is 5.69 Å². The standard InChI is InChI=1S/C6H5NO3/c8-6-3-1-5(2-4-6)7(9)10/h1-4,8H/i3D. The van der Waals surface area contributed by atoms with E-state index >= 15 is 0 Å². The van der Waals surface area contributed by atoms with Gasteiger partial charge in [-0.2, -0.15) is 0 Å². The molecule has 1 rings (SSSR count). The molecule has 0 radical (unpaired) electrons. The minimum Gasteiger partial charge on any atom is -0.508 e. The Bertz CT molecular complexity index is 300. The van der Waals surface area contributed by atoms with Crippen LogP contribution in [0.4, 0.5) is 5.69 Å². The van der Waals surface area contributed by atoms with Gasteiger partial charge in [0.15, 0.2) is 0 Å². The highest BCUT2D eigenvalue weighted by atomic mass is 16.6. The molecular weight excluding hydrogens is 134 g/mol. The Hall–Kier alpha value is -1.58. The third-order valence-corrected chi connectivity index (χ3v) is 0.991. The number of non-ortho nitro benzene ring substituents is 1. The summed E-state index contributed by atoms with van der Waals surface area (Å²) in [5, 5.41) is 18.9. The highest BCUT2D eigenvalue weighted by molar-refractivity contribution is 5.34. The van der Waals surface area contributed by atoms with Crippen molar-refractivity contribution in [2.45, 2.75) is 0 Å². The van der Waals surface area contributed by atoms with E-state index in [9.17, 15) is 10.1 Å². The molecule has 0 aliphatic rings. The number of phenolic OH excluding ortho intramolecular Hbond substituents is 1. The zero-order valence-electron chi connectivity index (χ0n) is 5.94. The van der Waals surface area contributed by atoms with Crippen molar-refractivity contribution in [2.75, 3.05) is 0 Å². The first-order chi connectivity index (χ1) is 5.11. The van der Waals surface area contributed by atoms with Crippen molar-refractivity contribution in [2.24, 2.45) is 0 Å². The van der Waals surface area contributed by atoms with E-state index in [2.05, 4.69) is 0 Å². The van der Waals surface area contributed by atoms with E-state index < -0.39 is 4.92 Å². The van der Waals surface area contributed by atoms with Crippen LogP contribution in [0.15, 0.2) is 24.2 Å². The van der Waals surface area contributed by atoms with E-state index in [-0.39, 0.29) is 17.5 Å². The Kier molecular flexibility index (Phi) is 1.23. The summed E-state index contributed by atoms with van der Waals surface area (Å²) in [7, 11) is 0. The molecule has 0 aliphatic heterocycles. The highest BCUT2D eigenvalue weighted by Crippen LogP contribution is 2.14. The summed E-state index contributed by atoms with van der Waals surface area (Å²) in [6.07, 6.45) is 0. The molecule has 0 aromatic heterocycles. The Morgan fingerprint density at radius 2 is 2.30 bits per heavy atom. The van der Waals surface area contributed by atoms with Gasteiger partial charge in [-0.25, -0.2) is 0 Å². The zero-order chi connectivity index (χ0) is 8.43. The Balaban J connectivity index is 3.15. The first kappa shape index (κ1) is 5.22. The molecule has 10 heavy (non-hydrogen) atoms. The molecular formula is C6H5NO3. The van der Waals surface area contributed by atoms with Gasteiger partial charge in [-0.05, 0) is 12.1 Å². The monoisotopic (exact) mass is 140 g/mol. The Morgan fingerprint density at radius 1 is 1.60 bits per heavy atom. The highest BCUT2D eigenvalue weighted by Gasteiger charge is 2.01. The second-order valence-corrected chi connectivity index (χ2v) is 1.69. The molecule has 0 fully saturated rings. The van der Waals surface area contributed by atoms with Gasteiger partial charge >= 0.3 is 0 Å². The topological polar surface area (TPSA) is 63.4 Å². The summed E-state index contributed by atoms with van der Waals surface area (Å²) >= 11 is 0. The van der Waals surface area contributed by atoms with E-state index in [1.165, 1.54) is 0 Å². The molecule has 0 heterocycles. The van der Waals surface area contributed by atoms with Crippen LogP contribution in [0.1, 0.15) is 1.37 Å². The summed E-state index contributed by atoms with van der Waals surface area (Å²) in [5.74, 6) is -0.254. The van der Waals surface area contributed by atoms with Crippen molar-refractivity contribution in [1.29, 1.82) is 0 Å². The van der Waals surface area contributed by atoms with Gasteiger partial charge in [-0.15, -0.1) is 0 Å². The largest absolute Gasteiger partial charge is 0.508 e. The van der Waals surface area contributed by atoms with Gasteiger partial charge < -0.3 is 5.11 Å². The number of phenols is 1. The van der Waals surface area contributed by atoms with Crippen LogP contribution >= 0.6 is 0 Å². The van der Waals surface area contributed by atoms with Gasteiger partial charge in [0.1, 0.15) is 5.75 Å². The number of nitro groups is 1. The number of rotatable bonds is 1. The first-order valence-corrected chi connectivity index (χ1v) is 2.55. The molecule has 0 bridgehead atoms. The quantitative estimate of drug-likeness (QED) is 0.472. The van der Waals surface area contributed by atoms with Crippen LogP contribution in [0.5, 0.6) is 5.75 Å². The zero-order valence-corrected chi connectivity index (χ0v) is 4.94. The normalized spacial score (nSPS) is 10.6. The van der Waals surface area contributed by atoms with Gasteiger partial charge in [-0.3, -0.25) is 10.1 Å². The third-order valence-electron chi connectivity index (χ3n) is 0.991. The second-order valence-electron chi connectivity index (χ2n) is 1.69. The lowest BCUT2D eigenvalue weighted by molar-refractivity contribution is -0.384. The minimum atomic E-state index is -0.614. The summed E-state index contributed by atoms with van der Waals surface area (Å²) in [5.41, 5.74) is -0.187. The average Bonchev–Trinajstić information content (AvgIpc) is 1.94. The number of benzene rings is 1. The predicted octanol–water partition coefficient (Wildman–Crippen LogP) is 1.30. The molecule has 1 aromatic carbocycles. The molecule has 0 spiro atoms. The predicted molar refractivity (Wildman–Crippen MR) is 34.8 cm³/mol. The molecule has 52 valence electrons. The van der Waals surface area contributed by atoms with Crippen molar-refractivity contribution < 1.29 is 11.4 Å². The number of aromatic hydroxyl groups is 1.